The lowest BCUT2D eigenvalue weighted by molar-refractivity contribution is 1.00. The van der Waals surface area contributed by atoms with Gasteiger partial charge in [-0.05, 0) is 92.6 Å². The predicted molar refractivity (Wildman–Crippen MR) is 210 cm³/mol. The summed E-state index contributed by atoms with van der Waals surface area (Å²) in [6.45, 7) is -2.42. The van der Waals surface area contributed by atoms with Crippen molar-refractivity contribution in [2.45, 2.75) is 6.85 Å². The number of thiophene rings is 1. The third-order valence-corrected chi connectivity index (χ3v) is 10.9. The molecule has 10 aromatic rings. The highest BCUT2D eigenvalue weighted by Gasteiger charge is 2.22. The van der Waals surface area contributed by atoms with Crippen LogP contribution in [0.4, 0.5) is 0 Å². The fourth-order valence-corrected chi connectivity index (χ4v) is 8.83. The van der Waals surface area contributed by atoms with E-state index in [4.69, 9.17) is 4.11 Å². The lowest BCUT2D eigenvalue weighted by Crippen LogP contribution is -2.01. The van der Waals surface area contributed by atoms with Crippen LogP contribution in [-0.2, 0) is 0 Å². The third kappa shape index (κ3) is 4.29. The number of imidazole rings is 1. The van der Waals surface area contributed by atoms with Crippen LogP contribution in [-0.4, -0.2) is 9.55 Å². The summed E-state index contributed by atoms with van der Waals surface area (Å²) in [7, 11) is 0. The lowest BCUT2D eigenvalue weighted by Gasteiger charge is -2.21. The second kappa shape index (κ2) is 11.0. The summed E-state index contributed by atoms with van der Waals surface area (Å²) in [6, 6.07) is 57.2. The molecule has 49 heavy (non-hydrogen) atoms. The van der Waals surface area contributed by atoms with Gasteiger partial charge in [-0.25, -0.2) is 4.98 Å². The summed E-state index contributed by atoms with van der Waals surface area (Å²) in [5, 5.41) is 6.99. The Morgan fingerprint density at radius 1 is 0.510 bits per heavy atom. The molecule has 230 valence electrons. The molecule has 0 amide bonds. The molecule has 0 aliphatic heterocycles. The van der Waals surface area contributed by atoms with E-state index < -0.39 is 6.85 Å². The summed E-state index contributed by atoms with van der Waals surface area (Å²) >= 11 is 1.83. The van der Waals surface area contributed by atoms with E-state index >= 15 is 0 Å². The number of nitrogens with zero attached hydrogens (tertiary/aromatic N) is 2. The molecule has 0 spiro atoms. The summed E-state index contributed by atoms with van der Waals surface area (Å²) in [4.78, 5) is 4.67. The molecule has 0 radical (unpaired) electrons. The number of benzene rings is 8. The SMILES string of the molecule is [2H]C([2H])([2H])c1nc2ccccc2n1-c1ccccc1-c1c2ccccc2c(-c2cccc3sc4ccccc4c23)c2cc(-c3ccccc3)ccc12. The summed E-state index contributed by atoms with van der Waals surface area (Å²) in [5.41, 5.74) is 8.86. The molecule has 10 rings (SSSR count). The molecule has 8 aromatic carbocycles. The second-order valence-corrected chi connectivity index (χ2v) is 13.6. The molecule has 2 nitrogen and oxygen atoms in total. The van der Waals surface area contributed by atoms with E-state index in [9.17, 15) is 0 Å². The van der Waals surface area contributed by atoms with Gasteiger partial charge in [-0.3, -0.25) is 4.57 Å². The molecule has 0 atom stereocenters. The van der Waals surface area contributed by atoms with E-state index in [0.29, 0.717) is 5.52 Å². The van der Waals surface area contributed by atoms with E-state index in [-0.39, 0.29) is 5.82 Å². The van der Waals surface area contributed by atoms with Crippen LogP contribution < -0.4 is 0 Å². The van der Waals surface area contributed by atoms with Crippen molar-refractivity contribution in [2.24, 2.45) is 0 Å². The van der Waals surface area contributed by atoms with Crippen molar-refractivity contribution in [1.29, 1.82) is 0 Å². The highest BCUT2D eigenvalue weighted by atomic mass is 32.1. The van der Waals surface area contributed by atoms with Gasteiger partial charge in [0.1, 0.15) is 5.82 Å². The Balaban J connectivity index is 1.37. The minimum absolute atomic E-state index is 0.0498. The van der Waals surface area contributed by atoms with E-state index in [1.807, 2.05) is 64.4 Å². The number of aromatic nitrogens is 2. The van der Waals surface area contributed by atoms with Crippen LogP contribution in [0.5, 0.6) is 0 Å². The van der Waals surface area contributed by atoms with Crippen molar-refractivity contribution in [2.75, 3.05) is 0 Å². The summed E-state index contributed by atoms with van der Waals surface area (Å²) in [5.74, 6) is 0.0498. The third-order valence-electron chi connectivity index (χ3n) is 9.78. The maximum Gasteiger partial charge on any atom is 0.111 e. The molecule has 3 heteroatoms. The number of hydrogen-bond acceptors (Lipinski definition) is 2. The zero-order chi connectivity index (χ0) is 35.0. The van der Waals surface area contributed by atoms with Gasteiger partial charge in [-0.15, -0.1) is 11.3 Å². The summed E-state index contributed by atoms with van der Waals surface area (Å²) in [6.07, 6.45) is 0. The zero-order valence-electron chi connectivity index (χ0n) is 29.4. The van der Waals surface area contributed by atoms with Gasteiger partial charge >= 0.3 is 0 Å². The van der Waals surface area contributed by atoms with Crippen molar-refractivity contribution in [3.63, 3.8) is 0 Å². The first-order valence-electron chi connectivity index (χ1n) is 18.0. The Kier molecular flexibility index (Phi) is 5.63. The Labute approximate surface area is 292 Å². The molecule has 0 unspecified atom stereocenters. The average molecular weight is 646 g/mol. The fourth-order valence-electron chi connectivity index (χ4n) is 7.70. The Hall–Kier alpha value is -6.03. The minimum Gasteiger partial charge on any atom is -0.296 e. The van der Waals surface area contributed by atoms with Crippen LogP contribution in [0.15, 0.2) is 164 Å². The van der Waals surface area contributed by atoms with Crippen LogP contribution in [0.1, 0.15) is 9.94 Å². The van der Waals surface area contributed by atoms with Gasteiger partial charge in [0.15, 0.2) is 0 Å². The molecule has 0 saturated heterocycles. The molecule has 0 N–H and O–H groups in total. The Bertz CT molecular complexity index is 3010. The molecular weight excluding hydrogens is 613 g/mol. The molecule has 0 saturated carbocycles. The second-order valence-electron chi connectivity index (χ2n) is 12.5. The molecule has 2 heterocycles. The maximum atomic E-state index is 8.52. The lowest BCUT2D eigenvalue weighted by atomic mass is 9.83. The van der Waals surface area contributed by atoms with Crippen molar-refractivity contribution in [3.8, 4) is 39.1 Å². The smallest absolute Gasteiger partial charge is 0.111 e. The van der Waals surface area contributed by atoms with Crippen LogP contribution >= 0.6 is 11.3 Å². The van der Waals surface area contributed by atoms with E-state index in [1.54, 1.807) is 0 Å². The number of hydrogen-bond donors (Lipinski definition) is 0. The van der Waals surface area contributed by atoms with E-state index in [2.05, 4.69) is 120 Å². The van der Waals surface area contributed by atoms with Gasteiger partial charge in [0.2, 0.25) is 0 Å². The molecular formula is C46H30N2S. The Morgan fingerprint density at radius 2 is 1.16 bits per heavy atom. The summed E-state index contributed by atoms with van der Waals surface area (Å²) < 4.78 is 29.9. The van der Waals surface area contributed by atoms with Crippen molar-refractivity contribution < 1.29 is 4.11 Å². The molecule has 0 aliphatic rings. The average Bonchev–Trinajstić information content (AvgIpc) is 3.77. The largest absolute Gasteiger partial charge is 0.296 e. The maximum absolute atomic E-state index is 8.52. The Morgan fingerprint density at radius 3 is 2.02 bits per heavy atom. The van der Waals surface area contributed by atoms with Crippen LogP contribution in [0.3, 0.4) is 0 Å². The minimum atomic E-state index is -2.42. The van der Waals surface area contributed by atoms with Gasteiger partial charge in [-0.2, -0.15) is 0 Å². The van der Waals surface area contributed by atoms with Gasteiger partial charge in [0.05, 0.1) is 16.7 Å². The number of para-hydroxylation sites is 3. The van der Waals surface area contributed by atoms with Crippen LogP contribution in [0, 0.1) is 6.85 Å². The molecule has 0 fully saturated rings. The topological polar surface area (TPSA) is 17.8 Å². The quantitative estimate of drug-likeness (QED) is 0.174. The molecule has 2 aromatic heterocycles. The number of aryl methyl sites for hydroxylation is 1. The van der Waals surface area contributed by atoms with Gasteiger partial charge < -0.3 is 0 Å². The first kappa shape index (κ1) is 25.0. The monoisotopic (exact) mass is 645 g/mol. The highest BCUT2D eigenvalue weighted by Crippen LogP contribution is 2.49. The van der Waals surface area contributed by atoms with Crippen LogP contribution in [0.25, 0.3) is 91.8 Å². The van der Waals surface area contributed by atoms with Crippen molar-refractivity contribution in [3.05, 3.63) is 170 Å². The molecule has 0 aliphatic carbocycles. The normalized spacial score (nSPS) is 12.9. The highest BCUT2D eigenvalue weighted by molar-refractivity contribution is 7.25. The van der Waals surface area contributed by atoms with Gasteiger partial charge in [0.25, 0.3) is 0 Å². The fraction of sp³-hybridized carbons (Fsp3) is 0.0217. The first-order valence-corrected chi connectivity index (χ1v) is 17.3. The van der Waals surface area contributed by atoms with Crippen molar-refractivity contribution >= 4 is 64.1 Å². The van der Waals surface area contributed by atoms with Crippen molar-refractivity contribution in [1.82, 2.24) is 9.55 Å². The van der Waals surface area contributed by atoms with E-state index in [0.717, 1.165) is 55.0 Å². The van der Waals surface area contributed by atoms with Crippen LogP contribution in [0.2, 0.25) is 0 Å². The standard InChI is InChI=1S/C46H30N2S/c1-29-47-39-21-9-11-23-41(39)48(29)40-22-10-7-18-35(40)44-32-16-5-6-17-33(32)45(38-28-31(26-27-34(38)44)30-14-3-2-4-15-30)37-20-13-25-43-46(37)36-19-8-12-24-42(36)49-43/h2-28H,1H3/i1D3. The number of fused-ring (bicyclic) bond motifs is 6. The first-order chi connectivity index (χ1) is 25.5. The van der Waals surface area contributed by atoms with Gasteiger partial charge in [-0.1, -0.05) is 127 Å². The number of rotatable bonds is 4. The predicted octanol–water partition coefficient (Wildman–Crippen LogP) is 13.0. The molecule has 0 bridgehead atoms. The van der Waals surface area contributed by atoms with E-state index in [1.165, 1.54) is 31.3 Å². The zero-order valence-corrected chi connectivity index (χ0v) is 27.2. The van der Waals surface area contributed by atoms with Gasteiger partial charge in [0, 0.05) is 29.8 Å².